The van der Waals surface area contributed by atoms with Gasteiger partial charge in [-0.3, -0.25) is 0 Å². The van der Waals surface area contributed by atoms with Crippen LogP contribution >= 0.6 is 11.6 Å². The SMILES string of the molecule is CNCc1cc(Cl)c(OCc2nonc2C)c(OC)c1. The second-order valence-corrected chi connectivity index (χ2v) is 4.63. The highest BCUT2D eigenvalue weighted by Crippen LogP contribution is 2.36. The normalized spacial score (nSPS) is 10.6. The maximum Gasteiger partial charge on any atom is 0.180 e. The Labute approximate surface area is 122 Å². The van der Waals surface area contributed by atoms with Gasteiger partial charge in [0.05, 0.1) is 12.1 Å². The molecule has 1 heterocycles. The maximum atomic E-state index is 6.24. The number of benzene rings is 1. The Bertz CT molecular complexity index is 586. The first-order valence-corrected chi connectivity index (χ1v) is 6.45. The van der Waals surface area contributed by atoms with Crippen molar-refractivity contribution >= 4 is 11.6 Å². The number of halogens is 1. The van der Waals surface area contributed by atoms with Crippen LogP contribution in [0.25, 0.3) is 0 Å². The number of ether oxygens (including phenoxy) is 2. The summed E-state index contributed by atoms with van der Waals surface area (Å²) < 4.78 is 15.6. The highest BCUT2D eigenvalue weighted by molar-refractivity contribution is 6.32. The molecule has 0 unspecified atom stereocenters. The third kappa shape index (κ3) is 3.20. The van der Waals surface area contributed by atoms with E-state index in [0.29, 0.717) is 34.5 Å². The first-order valence-electron chi connectivity index (χ1n) is 6.07. The van der Waals surface area contributed by atoms with Crippen LogP contribution in [-0.2, 0) is 13.2 Å². The van der Waals surface area contributed by atoms with E-state index in [2.05, 4.69) is 20.3 Å². The lowest BCUT2D eigenvalue weighted by Gasteiger charge is -2.13. The van der Waals surface area contributed by atoms with Gasteiger partial charge in [-0.25, -0.2) is 4.63 Å². The lowest BCUT2D eigenvalue weighted by molar-refractivity contribution is 0.260. The summed E-state index contributed by atoms with van der Waals surface area (Å²) >= 11 is 6.24. The molecule has 1 aromatic heterocycles. The van der Waals surface area contributed by atoms with Gasteiger partial charge >= 0.3 is 0 Å². The van der Waals surface area contributed by atoms with Crippen LogP contribution in [0.15, 0.2) is 16.8 Å². The fourth-order valence-electron chi connectivity index (χ4n) is 1.74. The maximum absolute atomic E-state index is 6.24. The van der Waals surface area contributed by atoms with E-state index >= 15 is 0 Å². The summed E-state index contributed by atoms with van der Waals surface area (Å²) in [5, 5.41) is 11.0. The fraction of sp³-hybridized carbons (Fsp3) is 0.385. The Morgan fingerprint density at radius 3 is 2.75 bits per heavy atom. The number of hydrogen-bond donors (Lipinski definition) is 1. The number of methoxy groups -OCH3 is 1. The Kier molecular flexibility index (Phi) is 4.81. The molecule has 0 aliphatic rings. The van der Waals surface area contributed by atoms with Crippen LogP contribution in [0.1, 0.15) is 17.0 Å². The predicted molar refractivity (Wildman–Crippen MR) is 74.1 cm³/mol. The Morgan fingerprint density at radius 1 is 1.35 bits per heavy atom. The van der Waals surface area contributed by atoms with E-state index in [0.717, 1.165) is 5.56 Å². The van der Waals surface area contributed by atoms with Gasteiger partial charge in [-0.15, -0.1) is 0 Å². The smallest absolute Gasteiger partial charge is 0.180 e. The average molecular weight is 298 g/mol. The van der Waals surface area contributed by atoms with Gasteiger partial charge in [-0.2, -0.15) is 0 Å². The van der Waals surface area contributed by atoms with Gasteiger partial charge in [0.2, 0.25) is 0 Å². The van der Waals surface area contributed by atoms with Crippen LogP contribution in [0.4, 0.5) is 0 Å². The van der Waals surface area contributed by atoms with E-state index < -0.39 is 0 Å². The van der Waals surface area contributed by atoms with Crippen molar-refractivity contribution in [1.29, 1.82) is 0 Å². The van der Waals surface area contributed by atoms with Gasteiger partial charge in [0.1, 0.15) is 18.0 Å². The summed E-state index contributed by atoms with van der Waals surface area (Å²) in [6.07, 6.45) is 0. The van der Waals surface area contributed by atoms with Gasteiger partial charge in [0.25, 0.3) is 0 Å². The summed E-state index contributed by atoms with van der Waals surface area (Å²) in [6, 6.07) is 3.72. The topological polar surface area (TPSA) is 69.4 Å². The second-order valence-electron chi connectivity index (χ2n) is 4.22. The number of hydrogen-bond acceptors (Lipinski definition) is 6. The zero-order valence-corrected chi connectivity index (χ0v) is 12.3. The third-order valence-corrected chi connectivity index (χ3v) is 3.05. The minimum Gasteiger partial charge on any atom is -0.493 e. The molecule has 0 radical (unpaired) electrons. The molecule has 2 rings (SSSR count). The van der Waals surface area contributed by atoms with Crippen LogP contribution < -0.4 is 14.8 Å². The molecule has 0 amide bonds. The van der Waals surface area contributed by atoms with Crippen molar-refractivity contribution < 1.29 is 14.1 Å². The molecule has 1 N–H and O–H groups in total. The van der Waals surface area contributed by atoms with Crippen LogP contribution in [-0.4, -0.2) is 24.5 Å². The van der Waals surface area contributed by atoms with Crippen molar-refractivity contribution in [3.05, 3.63) is 34.1 Å². The highest BCUT2D eigenvalue weighted by atomic mass is 35.5. The van der Waals surface area contributed by atoms with Crippen LogP contribution in [0, 0.1) is 6.92 Å². The molecule has 0 aliphatic heterocycles. The zero-order chi connectivity index (χ0) is 14.5. The number of nitrogens with zero attached hydrogens (tertiary/aromatic N) is 2. The van der Waals surface area contributed by atoms with Crippen LogP contribution in [0.3, 0.4) is 0 Å². The average Bonchev–Trinajstić information content (AvgIpc) is 2.83. The monoisotopic (exact) mass is 297 g/mol. The van der Waals surface area contributed by atoms with Crippen molar-refractivity contribution in [1.82, 2.24) is 15.6 Å². The molecule has 0 saturated carbocycles. The standard InChI is InChI=1S/C13H16ClN3O3/c1-8-11(17-20-16-8)7-19-13-10(14)4-9(6-15-2)5-12(13)18-3/h4-5,15H,6-7H2,1-3H3. The minimum absolute atomic E-state index is 0.219. The molecule has 2 aromatic rings. The number of rotatable bonds is 6. The van der Waals surface area contributed by atoms with Crippen molar-refractivity contribution in [3.8, 4) is 11.5 Å². The molecule has 7 heteroatoms. The molecular formula is C13H16ClN3O3. The van der Waals surface area contributed by atoms with E-state index in [-0.39, 0.29) is 6.61 Å². The van der Waals surface area contributed by atoms with Gasteiger partial charge < -0.3 is 14.8 Å². The molecule has 0 spiro atoms. The largest absolute Gasteiger partial charge is 0.493 e. The zero-order valence-electron chi connectivity index (χ0n) is 11.6. The summed E-state index contributed by atoms with van der Waals surface area (Å²) in [4.78, 5) is 0. The van der Waals surface area contributed by atoms with Crippen molar-refractivity contribution in [2.24, 2.45) is 0 Å². The van der Waals surface area contributed by atoms with Gasteiger partial charge in [-0.05, 0) is 31.7 Å². The molecule has 20 heavy (non-hydrogen) atoms. The first-order chi connectivity index (χ1) is 9.65. The minimum atomic E-state index is 0.219. The van der Waals surface area contributed by atoms with Crippen molar-refractivity contribution in [2.75, 3.05) is 14.2 Å². The summed E-state index contributed by atoms with van der Waals surface area (Å²) in [6.45, 7) is 2.71. The number of aryl methyl sites for hydroxylation is 1. The second kappa shape index (κ2) is 6.58. The Morgan fingerprint density at radius 2 is 2.15 bits per heavy atom. The molecule has 0 fully saturated rings. The molecular weight excluding hydrogens is 282 g/mol. The van der Waals surface area contributed by atoms with E-state index in [4.69, 9.17) is 21.1 Å². The number of aromatic nitrogens is 2. The van der Waals surface area contributed by atoms with E-state index in [1.165, 1.54) is 0 Å². The lowest BCUT2D eigenvalue weighted by Crippen LogP contribution is -2.06. The quantitative estimate of drug-likeness (QED) is 0.882. The molecule has 1 aromatic carbocycles. The highest BCUT2D eigenvalue weighted by Gasteiger charge is 2.14. The predicted octanol–water partition coefficient (Wildman–Crippen LogP) is 2.34. The molecule has 0 atom stereocenters. The molecule has 6 nitrogen and oxygen atoms in total. The van der Waals surface area contributed by atoms with E-state index in [9.17, 15) is 0 Å². The third-order valence-electron chi connectivity index (χ3n) is 2.77. The van der Waals surface area contributed by atoms with Crippen molar-refractivity contribution in [3.63, 3.8) is 0 Å². The summed E-state index contributed by atoms with van der Waals surface area (Å²) in [5.74, 6) is 1.06. The Balaban J connectivity index is 2.20. The summed E-state index contributed by atoms with van der Waals surface area (Å²) in [5.41, 5.74) is 2.33. The van der Waals surface area contributed by atoms with Gasteiger partial charge in [-0.1, -0.05) is 21.9 Å². The van der Waals surface area contributed by atoms with Crippen LogP contribution in [0.2, 0.25) is 5.02 Å². The molecule has 108 valence electrons. The van der Waals surface area contributed by atoms with E-state index in [1.54, 1.807) is 14.0 Å². The van der Waals surface area contributed by atoms with Crippen molar-refractivity contribution in [2.45, 2.75) is 20.1 Å². The van der Waals surface area contributed by atoms with Gasteiger partial charge in [0.15, 0.2) is 11.5 Å². The van der Waals surface area contributed by atoms with E-state index in [1.807, 2.05) is 19.2 Å². The van der Waals surface area contributed by atoms with Gasteiger partial charge in [0, 0.05) is 6.54 Å². The lowest BCUT2D eigenvalue weighted by atomic mass is 10.2. The molecule has 0 bridgehead atoms. The first kappa shape index (κ1) is 14.6. The summed E-state index contributed by atoms with van der Waals surface area (Å²) in [7, 11) is 3.44. The Hall–Kier alpha value is -1.79. The molecule has 0 saturated heterocycles. The molecule has 0 aliphatic carbocycles. The van der Waals surface area contributed by atoms with Crippen LogP contribution in [0.5, 0.6) is 11.5 Å². The fourth-order valence-corrected chi connectivity index (χ4v) is 2.03. The number of nitrogens with one attached hydrogen (secondary N) is 1.